The molecule has 1 heterocycles. The summed E-state index contributed by atoms with van der Waals surface area (Å²) in [6.07, 6.45) is 3.52. The van der Waals surface area contributed by atoms with E-state index in [1.54, 1.807) is 19.3 Å². The maximum atomic E-state index is 6.15. The summed E-state index contributed by atoms with van der Waals surface area (Å²) < 4.78 is 0. The van der Waals surface area contributed by atoms with E-state index in [1.807, 2.05) is 30.5 Å². The first kappa shape index (κ1) is 12.6. The zero-order chi connectivity index (χ0) is 13.1. The van der Waals surface area contributed by atoms with Crippen LogP contribution in [-0.2, 0) is 0 Å². The van der Waals surface area contributed by atoms with E-state index in [4.69, 9.17) is 17.4 Å². The molecule has 0 saturated heterocycles. The number of aromatic nitrogens is 1. The highest BCUT2D eigenvalue weighted by Crippen LogP contribution is 2.21. The van der Waals surface area contributed by atoms with Crippen LogP contribution in [0.3, 0.4) is 0 Å². The number of rotatable bonds is 2. The lowest BCUT2D eigenvalue weighted by Gasteiger charge is -2.06. The SMILES string of the molecule is C=c1c(-c2ncccc2Cl)ccc/c1=C/N(C)N. The highest BCUT2D eigenvalue weighted by molar-refractivity contribution is 6.33. The fraction of sp³-hybridized carbons (Fsp3) is 0.0714. The molecular weight excluding hydrogens is 246 g/mol. The molecule has 0 aliphatic heterocycles. The summed E-state index contributed by atoms with van der Waals surface area (Å²) in [4.78, 5) is 4.30. The summed E-state index contributed by atoms with van der Waals surface area (Å²) in [5, 5.41) is 3.91. The predicted molar refractivity (Wildman–Crippen MR) is 75.9 cm³/mol. The van der Waals surface area contributed by atoms with Crippen LogP contribution in [-0.4, -0.2) is 17.0 Å². The van der Waals surface area contributed by atoms with Gasteiger partial charge in [0.2, 0.25) is 0 Å². The molecule has 0 aliphatic rings. The van der Waals surface area contributed by atoms with E-state index < -0.39 is 0 Å². The van der Waals surface area contributed by atoms with Crippen molar-refractivity contribution >= 4 is 24.4 Å². The Labute approximate surface area is 111 Å². The molecule has 0 spiro atoms. The number of halogens is 1. The molecule has 0 aliphatic carbocycles. The Bertz CT molecular complexity index is 665. The van der Waals surface area contributed by atoms with E-state index >= 15 is 0 Å². The molecule has 3 nitrogen and oxygen atoms in total. The minimum atomic E-state index is 0.612. The fourth-order valence-electron chi connectivity index (χ4n) is 1.75. The molecule has 92 valence electrons. The topological polar surface area (TPSA) is 42.2 Å². The summed E-state index contributed by atoms with van der Waals surface area (Å²) in [7, 11) is 1.76. The zero-order valence-corrected chi connectivity index (χ0v) is 10.9. The predicted octanol–water partition coefficient (Wildman–Crippen LogP) is 1.36. The third-order valence-electron chi connectivity index (χ3n) is 2.57. The van der Waals surface area contributed by atoms with Gasteiger partial charge in [0.15, 0.2) is 0 Å². The number of hydrogen-bond donors (Lipinski definition) is 1. The van der Waals surface area contributed by atoms with Crippen molar-refractivity contribution in [1.82, 2.24) is 9.99 Å². The summed E-state index contributed by atoms with van der Waals surface area (Å²) in [5.74, 6) is 5.62. The van der Waals surface area contributed by atoms with E-state index in [9.17, 15) is 0 Å². The third kappa shape index (κ3) is 2.53. The molecule has 2 aromatic rings. The maximum Gasteiger partial charge on any atom is 0.0894 e. The van der Waals surface area contributed by atoms with Gasteiger partial charge in [-0.15, -0.1) is 0 Å². The Morgan fingerprint density at radius 1 is 1.33 bits per heavy atom. The normalized spacial score (nSPS) is 11.6. The smallest absolute Gasteiger partial charge is 0.0894 e. The lowest BCUT2D eigenvalue weighted by molar-refractivity contribution is 0.530. The van der Waals surface area contributed by atoms with Crippen molar-refractivity contribution in [1.29, 1.82) is 0 Å². The first-order valence-electron chi connectivity index (χ1n) is 5.48. The van der Waals surface area contributed by atoms with Gasteiger partial charge in [0.1, 0.15) is 0 Å². The van der Waals surface area contributed by atoms with Crippen LogP contribution in [0.2, 0.25) is 5.02 Å². The van der Waals surface area contributed by atoms with Gasteiger partial charge >= 0.3 is 0 Å². The molecule has 0 saturated carbocycles. The standard InChI is InChI=1S/C14H14ClN3/c1-10-11(9-18(2)16)5-3-6-12(10)14-13(15)7-4-8-17-14/h3-9H,1,16H2,2H3/b11-9-. The van der Waals surface area contributed by atoms with Gasteiger partial charge in [-0.2, -0.15) is 0 Å². The second-order valence-corrected chi connectivity index (χ2v) is 4.41. The molecular formula is C14H14ClN3. The second-order valence-electron chi connectivity index (χ2n) is 4.00. The Balaban J connectivity index is 2.69. The number of nitrogens with two attached hydrogens (primary N) is 1. The Morgan fingerprint density at radius 3 is 2.78 bits per heavy atom. The van der Waals surface area contributed by atoms with Crippen molar-refractivity contribution in [3.8, 4) is 11.3 Å². The van der Waals surface area contributed by atoms with Crippen molar-refractivity contribution in [2.24, 2.45) is 5.84 Å². The number of hydrogen-bond acceptors (Lipinski definition) is 3. The van der Waals surface area contributed by atoms with Crippen LogP contribution >= 0.6 is 11.6 Å². The molecule has 0 fully saturated rings. The summed E-state index contributed by atoms with van der Waals surface area (Å²) >= 11 is 6.15. The van der Waals surface area contributed by atoms with Crippen LogP contribution in [0.1, 0.15) is 0 Å². The molecule has 18 heavy (non-hydrogen) atoms. The van der Waals surface area contributed by atoms with E-state index in [0.29, 0.717) is 5.02 Å². The van der Waals surface area contributed by atoms with Gasteiger partial charge in [-0.25, -0.2) is 5.84 Å². The van der Waals surface area contributed by atoms with Gasteiger partial charge in [-0.05, 0) is 22.6 Å². The first-order chi connectivity index (χ1) is 8.59. The molecule has 1 aromatic heterocycles. The molecule has 0 unspecified atom stereocenters. The van der Waals surface area contributed by atoms with Crippen LogP contribution in [0.15, 0.2) is 36.5 Å². The average molecular weight is 260 g/mol. The molecule has 2 rings (SSSR count). The number of hydrazine groups is 1. The Hall–Kier alpha value is -1.84. The van der Waals surface area contributed by atoms with E-state index in [0.717, 1.165) is 21.7 Å². The van der Waals surface area contributed by atoms with Gasteiger partial charge in [0.25, 0.3) is 0 Å². The highest BCUT2D eigenvalue weighted by Gasteiger charge is 2.05. The van der Waals surface area contributed by atoms with E-state index in [-0.39, 0.29) is 0 Å². The number of pyridine rings is 1. The van der Waals surface area contributed by atoms with Crippen LogP contribution in [0, 0.1) is 0 Å². The summed E-state index contributed by atoms with van der Waals surface area (Å²) in [6, 6.07) is 9.45. The van der Waals surface area contributed by atoms with Gasteiger partial charge in [-0.3, -0.25) is 4.98 Å². The van der Waals surface area contributed by atoms with Gasteiger partial charge < -0.3 is 5.01 Å². The van der Waals surface area contributed by atoms with Gasteiger partial charge in [0.05, 0.1) is 10.7 Å². The second kappa shape index (κ2) is 5.21. The number of benzene rings is 1. The van der Waals surface area contributed by atoms with Gasteiger partial charge in [0, 0.05) is 25.0 Å². The lowest BCUT2D eigenvalue weighted by Crippen LogP contribution is -2.31. The lowest BCUT2D eigenvalue weighted by atomic mass is 10.1. The molecule has 0 radical (unpaired) electrons. The highest BCUT2D eigenvalue weighted by atomic mass is 35.5. The molecule has 1 aromatic carbocycles. The third-order valence-corrected chi connectivity index (χ3v) is 2.87. The van der Waals surface area contributed by atoms with E-state index in [2.05, 4.69) is 11.6 Å². The van der Waals surface area contributed by atoms with Crippen molar-refractivity contribution in [2.75, 3.05) is 7.05 Å². The molecule has 2 N–H and O–H groups in total. The van der Waals surface area contributed by atoms with Crippen LogP contribution in [0.25, 0.3) is 24.0 Å². The molecule has 0 amide bonds. The zero-order valence-electron chi connectivity index (χ0n) is 10.1. The summed E-state index contributed by atoms with van der Waals surface area (Å²) in [5.41, 5.74) is 1.65. The average Bonchev–Trinajstić information content (AvgIpc) is 2.32. The van der Waals surface area contributed by atoms with Crippen molar-refractivity contribution in [3.05, 3.63) is 52.0 Å². The summed E-state index contributed by atoms with van der Waals surface area (Å²) in [6.45, 7) is 4.08. The van der Waals surface area contributed by atoms with E-state index in [1.165, 1.54) is 5.01 Å². The quantitative estimate of drug-likeness (QED) is 0.654. The monoisotopic (exact) mass is 259 g/mol. The van der Waals surface area contributed by atoms with Crippen molar-refractivity contribution in [3.63, 3.8) is 0 Å². The maximum absolute atomic E-state index is 6.15. The Kier molecular flexibility index (Phi) is 3.65. The fourth-order valence-corrected chi connectivity index (χ4v) is 1.97. The number of nitrogens with zero attached hydrogens (tertiary/aromatic N) is 2. The first-order valence-corrected chi connectivity index (χ1v) is 5.85. The Morgan fingerprint density at radius 2 is 2.11 bits per heavy atom. The van der Waals surface area contributed by atoms with Crippen LogP contribution < -0.4 is 16.3 Å². The van der Waals surface area contributed by atoms with Crippen LogP contribution in [0.4, 0.5) is 0 Å². The van der Waals surface area contributed by atoms with Crippen molar-refractivity contribution < 1.29 is 0 Å². The van der Waals surface area contributed by atoms with Crippen LogP contribution in [0.5, 0.6) is 0 Å². The molecule has 0 atom stereocenters. The largest absolute Gasteiger partial charge is 0.321 e. The van der Waals surface area contributed by atoms with Crippen molar-refractivity contribution in [2.45, 2.75) is 0 Å². The molecule has 0 bridgehead atoms. The van der Waals surface area contributed by atoms with Gasteiger partial charge in [-0.1, -0.05) is 36.4 Å². The molecule has 4 heteroatoms. The minimum absolute atomic E-state index is 0.612. The minimum Gasteiger partial charge on any atom is -0.321 e.